The maximum atomic E-state index is 6.23. The van der Waals surface area contributed by atoms with Crippen LogP contribution in [0.4, 0.5) is 5.82 Å². The topological polar surface area (TPSA) is 52.0 Å². The number of benzene rings is 2. The molecule has 4 aromatic rings. The van der Waals surface area contributed by atoms with Gasteiger partial charge in [-0.3, -0.25) is 0 Å². The molecule has 0 aliphatic carbocycles. The van der Waals surface area contributed by atoms with Crippen LogP contribution in [0.2, 0.25) is 10.0 Å². The molecule has 4 rings (SSSR count). The van der Waals surface area contributed by atoms with Crippen molar-refractivity contribution in [3.8, 4) is 16.8 Å². The van der Waals surface area contributed by atoms with Gasteiger partial charge in [-0.25, -0.2) is 9.97 Å². The highest BCUT2D eigenvalue weighted by atomic mass is 35.5. The van der Waals surface area contributed by atoms with E-state index < -0.39 is 0 Å². The monoisotopic (exact) mass is 412 g/mol. The van der Waals surface area contributed by atoms with Gasteiger partial charge in [-0.15, -0.1) is 0 Å². The fourth-order valence-electron chi connectivity index (χ4n) is 3.18. The Kier molecular flexibility index (Phi) is 5.48. The predicted molar refractivity (Wildman–Crippen MR) is 115 cm³/mol. The van der Waals surface area contributed by atoms with E-state index in [2.05, 4.69) is 27.4 Å². The molecule has 0 atom stereocenters. The van der Waals surface area contributed by atoms with Gasteiger partial charge in [0, 0.05) is 41.1 Å². The van der Waals surface area contributed by atoms with Crippen molar-refractivity contribution < 1.29 is 4.74 Å². The number of nitrogens with zero attached hydrogens (tertiary/aromatic N) is 3. The van der Waals surface area contributed by atoms with E-state index in [4.69, 9.17) is 27.9 Å². The first-order valence-electron chi connectivity index (χ1n) is 8.78. The molecule has 0 saturated carbocycles. The van der Waals surface area contributed by atoms with E-state index >= 15 is 0 Å². The van der Waals surface area contributed by atoms with Gasteiger partial charge in [0.15, 0.2) is 5.65 Å². The Hall–Kier alpha value is -2.60. The Labute approximate surface area is 172 Å². The summed E-state index contributed by atoms with van der Waals surface area (Å²) in [6, 6.07) is 15.6. The molecule has 0 aliphatic rings. The molecule has 7 heteroatoms. The molecule has 0 unspecified atom stereocenters. The molecule has 0 amide bonds. The summed E-state index contributed by atoms with van der Waals surface area (Å²) < 4.78 is 7.14. The zero-order chi connectivity index (χ0) is 19.5. The second-order valence-corrected chi connectivity index (χ2v) is 7.12. The summed E-state index contributed by atoms with van der Waals surface area (Å²) in [5, 5.41) is 5.41. The zero-order valence-electron chi connectivity index (χ0n) is 15.2. The summed E-state index contributed by atoms with van der Waals surface area (Å²) >= 11 is 12.5. The number of rotatable bonds is 6. The zero-order valence-corrected chi connectivity index (χ0v) is 16.7. The molecule has 0 radical (unpaired) electrons. The van der Waals surface area contributed by atoms with E-state index in [1.54, 1.807) is 19.5 Å². The van der Waals surface area contributed by atoms with Crippen molar-refractivity contribution in [1.29, 1.82) is 0 Å². The summed E-state index contributed by atoms with van der Waals surface area (Å²) in [7, 11) is 1.67. The first kappa shape index (κ1) is 18.7. The molecule has 2 aromatic heterocycles. The average molecular weight is 413 g/mol. The highest BCUT2D eigenvalue weighted by Gasteiger charge is 2.17. The SMILES string of the molecule is COCCNc1ncnc2c1c(-c1ccccc1)cn2-c1cc(Cl)cc(Cl)c1. The van der Waals surface area contributed by atoms with E-state index in [9.17, 15) is 0 Å². The molecular weight excluding hydrogens is 395 g/mol. The molecule has 0 spiro atoms. The van der Waals surface area contributed by atoms with E-state index in [0.717, 1.165) is 33.7 Å². The molecule has 28 heavy (non-hydrogen) atoms. The van der Waals surface area contributed by atoms with E-state index in [1.165, 1.54) is 0 Å². The smallest absolute Gasteiger partial charge is 0.150 e. The lowest BCUT2D eigenvalue weighted by Gasteiger charge is -2.09. The third-order valence-corrected chi connectivity index (χ3v) is 4.83. The number of ether oxygens (including phenoxy) is 1. The number of nitrogens with one attached hydrogen (secondary N) is 1. The standard InChI is InChI=1S/C21H18Cl2N4O/c1-28-8-7-24-20-19-18(14-5-3-2-4-6-14)12-27(21(19)26-13-25-20)17-10-15(22)9-16(23)11-17/h2-6,9-13H,7-8H2,1H3,(H,24,25,26). The third kappa shape index (κ3) is 3.69. The Morgan fingerprint density at radius 1 is 1.04 bits per heavy atom. The summed E-state index contributed by atoms with van der Waals surface area (Å²) in [5.41, 5.74) is 3.70. The summed E-state index contributed by atoms with van der Waals surface area (Å²) in [6.45, 7) is 1.22. The van der Waals surface area contributed by atoms with Gasteiger partial charge in [0.05, 0.1) is 12.0 Å². The van der Waals surface area contributed by atoms with Crippen LogP contribution in [0.3, 0.4) is 0 Å². The van der Waals surface area contributed by atoms with Crippen LogP contribution in [-0.2, 0) is 4.74 Å². The fraction of sp³-hybridized carbons (Fsp3) is 0.143. The van der Waals surface area contributed by atoms with Crippen molar-refractivity contribution in [3.63, 3.8) is 0 Å². The molecule has 5 nitrogen and oxygen atoms in total. The molecular formula is C21H18Cl2N4O. The molecule has 2 aromatic carbocycles. The Bertz CT molecular complexity index is 1090. The van der Waals surface area contributed by atoms with Gasteiger partial charge in [-0.1, -0.05) is 53.5 Å². The Balaban J connectivity index is 1.95. The highest BCUT2D eigenvalue weighted by molar-refractivity contribution is 6.34. The lowest BCUT2D eigenvalue weighted by molar-refractivity contribution is 0.210. The number of anilines is 1. The quantitative estimate of drug-likeness (QED) is 0.427. The first-order valence-corrected chi connectivity index (χ1v) is 9.53. The molecule has 0 bridgehead atoms. The lowest BCUT2D eigenvalue weighted by Crippen LogP contribution is -2.09. The van der Waals surface area contributed by atoms with Crippen LogP contribution in [0.25, 0.3) is 27.8 Å². The van der Waals surface area contributed by atoms with Gasteiger partial charge in [-0.05, 0) is 23.8 Å². The normalized spacial score (nSPS) is 11.1. The Morgan fingerprint density at radius 2 is 1.79 bits per heavy atom. The summed E-state index contributed by atoms with van der Waals surface area (Å²) in [5.74, 6) is 0.757. The van der Waals surface area contributed by atoms with Crippen molar-refractivity contribution >= 4 is 40.1 Å². The van der Waals surface area contributed by atoms with Gasteiger partial charge in [0.2, 0.25) is 0 Å². The van der Waals surface area contributed by atoms with Crippen molar-refractivity contribution in [2.24, 2.45) is 0 Å². The Morgan fingerprint density at radius 3 is 2.50 bits per heavy atom. The minimum atomic E-state index is 0.568. The van der Waals surface area contributed by atoms with Crippen molar-refractivity contribution in [3.05, 3.63) is 71.1 Å². The van der Waals surface area contributed by atoms with Crippen molar-refractivity contribution in [2.45, 2.75) is 0 Å². The average Bonchev–Trinajstić information content (AvgIpc) is 3.09. The van der Waals surface area contributed by atoms with Gasteiger partial charge < -0.3 is 14.6 Å². The lowest BCUT2D eigenvalue weighted by atomic mass is 10.1. The van der Waals surface area contributed by atoms with Gasteiger partial charge in [0.1, 0.15) is 12.1 Å². The number of hydrogen-bond donors (Lipinski definition) is 1. The molecule has 0 saturated heterocycles. The highest BCUT2D eigenvalue weighted by Crippen LogP contribution is 2.36. The minimum absolute atomic E-state index is 0.568. The number of fused-ring (bicyclic) bond motifs is 1. The maximum absolute atomic E-state index is 6.23. The van der Waals surface area contributed by atoms with Crippen LogP contribution in [0, 0.1) is 0 Å². The van der Waals surface area contributed by atoms with E-state index in [0.29, 0.717) is 23.2 Å². The van der Waals surface area contributed by atoms with Crippen LogP contribution in [0.15, 0.2) is 61.1 Å². The van der Waals surface area contributed by atoms with Gasteiger partial charge >= 0.3 is 0 Å². The molecule has 2 heterocycles. The largest absolute Gasteiger partial charge is 0.383 e. The molecule has 142 valence electrons. The number of methoxy groups -OCH3 is 1. The third-order valence-electron chi connectivity index (χ3n) is 4.39. The number of halogens is 2. The maximum Gasteiger partial charge on any atom is 0.150 e. The molecule has 0 aliphatic heterocycles. The second kappa shape index (κ2) is 8.19. The van der Waals surface area contributed by atoms with Crippen LogP contribution >= 0.6 is 23.2 Å². The van der Waals surface area contributed by atoms with E-state index in [1.807, 2.05) is 41.1 Å². The fourth-order valence-corrected chi connectivity index (χ4v) is 3.69. The van der Waals surface area contributed by atoms with Crippen LogP contribution in [-0.4, -0.2) is 34.8 Å². The summed E-state index contributed by atoms with van der Waals surface area (Å²) in [6.07, 6.45) is 3.59. The first-order chi connectivity index (χ1) is 13.7. The molecule has 0 fully saturated rings. The van der Waals surface area contributed by atoms with Gasteiger partial charge in [0.25, 0.3) is 0 Å². The van der Waals surface area contributed by atoms with Crippen molar-refractivity contribution in [2.75, 3.05) is 25.6 Å². The molecule has 1 N–H and O–H groups in total. The van der Waals surface area contributed by atoms with E-state index in [-0.39, 0.29) is 0 Å². The number of aromatic nitrogens is 3. The second-order valence-electron chi connectivity index (χ2n) is 6.25. The summed E-state index contributed by atoms with van der Waals surface area (Å²) in [4.78, 5) is 9.01. The van der Waals surface area contributed by atoms with Crippen LogP contribution in [0.1, 0.15) is 0 Å². The van der Waals surface area contributed by atoms with Crippen LogP contribution < -0.4 is 5.32 Å². The minimum Gasteiger partial charge on any atom is -0.383 e. The van der Waals surface area contributed by atoms with Crippen molar-refractivity contribution in [1.82, 2.24) is 14.5 Å². The van der Waals surface area contributed by atoms with Crippen LogP contribution in [0.5, 0.6) is 0 Å². The predicted octanol–water partition coefficient (Wildman–Crippen LogP) is 5.45. The van der Waals surface area contributed by atoms with Gasteiger partial charge in [-0.2, -0.15) is 0 Å². The number of hydrogen-bond acceptors (Lipinski definition) is 4.